The number of carbonyl (C=O) groups excluding carboxylic acids is 1. The van der Waals surface area contributed by atoms with Crippen molar-refractivity contribution in [2.75, 3.05) is 20.6 Å². The van der Waals surface area contributed by atoms with Gasteiger partial charge in [-0.15, -0.1) is 0 Å². The number of carbonyl (C=O) groups is 1. The highest BCUT2D eigenvalue weighted by Gasteiger charge is 2.31. The first-order chi connectivity index (χ1) is 8.29. The molecular formula is C13H22BrN3O. The molecule has 0 spiro atoms. The van der Waals surface area contributed by atoms with Gasteiger partial charge in [0, 0.05) is 12.0 Å². The van der Waals surface area contributed by atoms with Crippen LogP contribution < -0.4 is 0 Å². The summed E-state index contributed by atoms with van der Waals surface area (Å²) in [6, 6.07) is 0. The molecule has 0 unspecified atom stereocenters. The van der Waals surface area contributed by atoms with E-state index in [-0.39, 0.29) is 11.2 Å². The molecule has 1 rings (SSSR count). The van der Waals surface area contributed by atoms with E-state index in [1.54, 1.807) is 10.9 Å². The van der Waals surface area contributed by atoms with Gasteiger partial charge in [0.1, 0.15) is 5.69 Å². The number of rotatable bonds is 6. The molecule has 0 N–H and O–H groups in total. The monoisotopic (exact) mass is 315 g/mol. The van der Waals surface area contributed by atoms with Crippen molar-refractivity contribution >= 4 is 21.7 Å². The van der Waals surface area contributed by atoms with Gasteiger partial charge in [0.25, 0.3) is 0 Å². The van der Waals surface area contributed by atoms with Gasteiger partial charge >= 0.3 is 0 Å². The quantitative estimate of drug-likeness (QED) is 0.758. The molecule has 0 aliphatic carbocycles. The number of nitrogens with zero attached hydrogens (tertiary/aromatic N) is 3. The number of aromatic nitrogens is 2. The van der Waals surface area contributed by atoms with Gasteiger partial charge in [0.2, 0.25) is 0 Å². The number of likely N-dealkylation sites (N-methyl/N-ethyl adjacent to an activating group) is 1. The third-order valence-corrected chi connectivity index (χ3v) is 3.85. The zero-order valence-corrected chi connectivity index (χ0v) is 13.4. The maximum absolute atomic E-state index is 12.5. The van der Waals surface area contributed by atoms with Crippen LogP contribution >= 0.6 is 15.9 Å². The summed E-state index contributed by atoms with van der Waals surface area (Å²) in [5, 5.41) is 4.28. The third-order valence-electron chi connectivity index (χ3n) is 3.27. The molecule has 102 valence electrons. The molecule has 1 heterocycles. The average molecular weight is 316 g/mol. The van der Waals surface area contributed by atoms with Gasteiger partial charge in [0.15, 0.2) is 5.78 Å². The van der Waals surface area contributed by atoms with Crippen LogP contribution in [0, 0.1) is 5.41 Å². The van der Waals surface area contributed by atoms with Crippen LogP contribution in [0.3, 0.4) is 0 Å². The molecule has 0 aromatic carbocycles. The zero-order valence-electron chi connectivity index (χ0n) is 11.8. The summed E-state index contributed by atoms with van der Waals surface area (Å²) in [4.78, 5) is 14.6. The summed E-state index contributed by atoms with van der Waals surface area (Å²) in [6.45, 7) is 7.57. The topological polar surface area (TPSA) is 38.1 Å². The van der Waals surface area contributed by atoms with Gasteiger partial charge in [-0.05, 0) is 36.4 Å². The van der Waals surface area contributed by atoms with Crippen molar-refractivity contribution in [2.24, 2.45) is 5.41 Å². The Morgan fingerprint density at radius 3 is 2.61 bits per heavy atom. The van der Waals surface area contributed by atoms with Crippen molar-refractivity contribution < 1.29 is 4.79 Å². The molecule has 5 heteroatoms. The third kappa shape index (κ3) is 3.42. The Bertz CT molecular complexity index is 424. The molecule has 0 atom stereocenters. The molecule has 0 saturated heterocycles. The highest BCUT2D eigenvalue weighted by atomic mass is 79.9. The number of halogens is 1. The molecule has 1 aromatic rings. The van der Waals surface area contributed by atoms with E-state index in [1.165, 1.54) is 0 Å². The van der Waals surface area contributed by atoms with E-state index in [0.717, 1.165) is 24.0 Å². The Morgan fingerprint density at radius 2 is 2.11 bits per heavy atom. The van der Waals surface area contributed by atoms with Crippen molar-refractivity contribution in [3.05, 3.63) is 16.4 Å². The summed E-state index contributed by atoms with van der Waals surface area (Å²) < 4.78 is 2.58. The highest BCUT2D eigenvalue weighted by Crippen LogP contribution is 2.29. The lowest BCUT2D eigenvalue weighted by Gasteiger charge is -2.22. The fourth-order valence-corrected chi connectivity index (χ4v) is 2.01. The van der Waals surface area contributed by atoms with Crippen LogP contribution in [0.4, 0.5) is 0 Å². The number of hydrogen-bond donors (Lipinski definition) is 0. The average Bonchev–Trinajstić information content (AvgIpc) is 2.66. The first kappa shape index (κ1) is 15.4. The normalized spacial score (nSPS) is 12.2. The van der Waals surface area contributed by atoms with Crippen LogP contribution in [0.5, 0.6) is 0 Å². The molecule has 0 saturated carbocycles. The number of Topliss-reactive ketones (excluding diaryl/α,β-unsaturated/α-hetero) is 1. The summed E-state index contributed by atoms with van der Waals surface area (Å²) >= 11 is 3.43. The van der Waals surface area contributed by atoms with E-state index in [4.69, 9.17) is 0 Å². The van der Waals surface area contributed by atoms with Crippen LogP contribution in [0.2, 0.25) is 0 Å². The maximum Gasteiger partial charge on any atom is 0.187 e. The predicted molar refractivity (Wildman–Crippen MR) is 76.9 cm³/mol. The fourth-order valence-electron chi connectivity index (χ4n) is 1.53. The maximum atomic E-state index is 12.5. The van der Waals surface area contributed by atoms with Crippen LogP contribution in [-0.4, -0.2) is 41.1 Å². The molecule has 0 aliphatic rings. The lowest BCUT2D eigenvalue weighted by Crippen LogP contribution is -2.28. The standard InChI is InChI=1S/C13H22BrN3O/c1-6-13(2,3)12(18)11-10(14)9-15-17(11)8-7-16(4)5/h9H,6-8H2,1-5H3. The molecule has 18 heavy (non-hydrogen) atoms. The summed E-state index contributed by atoms with van der Waals surface area (Å²) in [5.74, 6) is 0.146. The van der Waals surface area contributed by atoms with Crippen molar-refractivity contribution in [3.63, 3.8) is 0 Å². The highest BCUT2D eigenvalue weighted by molar-refractivity contribution is 9.10. The van der Waals surface area contributed by atoms with E-state index < -0.39 is 0 Å². The van der Waals surface area contributed by atoms with Crippen molar-refractivity contribution in [1.82, 2.24) is 14.7 Å². The molecule has 0 radical (unpaired) electrons. The second-order valence-electron chi connectivity index (χ2n) is 5.43. The predicted octanol–water partition coefficient (Wildman–Crippen LogP) is 2.83. The molecule has 1 aromatic heterocycles. The van der Waals surface area contributed by atoms with E-state index in [9.17, 15) is 4.79 Å². The smallest absolute Gasteiger partial charge is 0.187 e. The Labute approximate surface area is 117 Å². The van der Waals surface area contributed by atoms with Crippen LogP contribution in [0.15, 0.2) is 10.7 Å². The Hall–Kier alpha value is -0.680. The minimum atomic E-state index is -0.349. The van der Waals surface area contributed by atoms with Crippen LogP contribution in [-0.2, 0) is 6.54 Å². The SMILES string of the molecule is CCC(C)(C)C(=O)c1c(Br)cnn1CCN(C)C. The van der Waals surface area contributed by atoms with E-state index in [0.29, 0.717) is 5.69 Å². The second kappa shape index (κ2) is 5.97. The number of ketones is 1. The minimum absolute atomic E-state index is 0.146. The molecule has 4 nitrogen and oxygen atoms in total. The van der Waals surface area contributed by atoms with Gasteiger partial charge in [0.05, 0.1) is 17.2 Å². The molecule has 0 bridgehead atoms. The number of hydrogen-bond acceptors (Lipinski definition) is 3. The lowest BCUT2D eigenvalue weighted by atomic mass is 9.84. The summed E-state index contributed by atoms with van der Waals surface area (Å²) in [7, 11) is 4.02. The Kier molecular flexibility index (Phi) is 5.10. The molecule has 0 amide bonds. The van der Waals surface area contributed by atoms with E-state index in [2.05, 4.69) is 25.9 Å². The van der Waals surface area contributed by atoms with E-state index >= 15 is 0 Å². The summed E-state index contributed by atoms with van der Waals surface area (Å²) in [6.07, 6.45) is 2.52. The van der Waals surface area contributed by atoms with Gasteiger partial charge < -0.3 is 4.90 Å². The Balaban J connectivity index is 3.01. The lowest BCUT2D eigenvalue weighted by molar-refractivity contribution is 0.0819. The zero-order chi connectivity index (χ0) is 13.9. The molecule has 0 aliphatic heterocycles. The summed E-state index contributed by atoms with van der Waals surface area (Å²) in [5.41, 5.74) is 0.335. The largest absolute Gasteiger partial charge is 0.308 e. The van der Waals surface area contributed by atoms with Crippen LogP contribution in [0.25, 0.3) is 0 Å². The van der Waals surface area contributed by atoms with E-state index in [1.807, 2.05) is 34.9 Å². The van der Waals surface area contributed by atoms with Crippen molar-refractivity contribution in [1.29, 1.82) is 0 Å². The van der Waals surface area contributed by atoms with Crippen LogP contribution in [0.1, 0.15) is 37.7 Å². The Morgan fingerprint density at radius 1 is 1.50 bits per heavy atom. The van der Waals surface area contributed by atoms with Gasteiger partial charge in [-0.3, -0.25) is 9.48 Å². The minimum Gasteiger partial charge on any atom is -0.308 e. The second-order valence-corrected chi connectivity index (χ2v) is 6.29. The first-order valence-electron chi connectivity index (χ1n) is 6.20. The van der Waals surface area contributed by atoms with Gasteiger partial charge in [-0.25, -0.2) is 0 Å². The van der Waals surface area contributed by atoms with Crippen molar-refractivity contribution in [2.45, 2.75) is 33.7 Å². The van der Waals surface area contributed by atoms with Gasteiger partial charge in [-0.2, -0.15) is 5.10 Å². The fraction of sp³-hybridized carbons (Fsp3) is 0.692. The van der Waals surface area contributed by atoms with Crippen molar-refractivity contribution in [3.8, 4) is 0 Å². The van der Waals surface area contributed by atoms with Gasteiger partial charge in [-0.1, -0.05) is 20.8 Å². The first-order valence-corrected chi connectivity index (χ1v) is 6.99. The molecule has 0 fully saturated rings. The molecular weight excluding hydrogens is 294 g/mol.